The second-order valence-electron chi connectivity index (χ2n) is 7.44. The Kier molecular flexibility index (Phi) is 6.65. The Hall–Kier alpha value is -3.72. The summed E-state index contributed by atoms with van der Waals surface area (Å²) in [6.07, 6.45) is 1.70. The van der Waals surface area contributed by atoms with Gasteiger partial charge in [0.05, 0.1) is 36.6 Å². The Labute approximate surface area is 199 Å². The van der Waals surface area contributed by atoms with Crippen LogP contribution in [0.1, 0.15) is 31.0 Å². The molecule has 2 aromatic carbocycles. The molecule has 1 atom stereocenters. The van der Waals surface area contributed by atoms with Gasteiger partial charge in [-0.05, 0) is 43.7 Å². The quantitative estimate of drug-likeness (QED) is 0.505. The van der Waals surface area contributed by atoms with E-state index in [1.807, 2.05) is 0 Å². The largest absolute Gasteiger partial charge is 0.493 e. The number of allylic oxidation sites excluding steroid dienone is 1. The van der Waals surface area contributed by atoms with Gasteiger partial charge in [-0.3, -0.25) is 9.36 Å². The van der Waals surface area contributed by atoms with Crippen LogP contribution in [0.25, 0.3) is 6.08 Å². The van der Waals surface area contributed by atoms with E-state index in [4.69, 9.17) is 14.2 Å². The number of fused-ring (bicyclic) bond motifs is 1. The minimum absolute atomic E-state index is 0.136. The molecule has 3 aromatic rings. The van der Waals surface area contributed by atoms with Crippen molar-refractivity contribution < 1.29 is 23.4 Å². The van der Waals surface area contributed by atoms with Crippen LogP contribution in [0.4, 0.5) is 4.39 Å². The molecule has 0 N–H and O–H groups in total. The van der Waals surface area contributed by atoms with Gasteiger partial charge >= 0.3 is 5.97 Å². The number of ether oxygens (including phenoxy) is 3. The van der Waals surface area contributed by atoms with Crippen LogP contribution in [0.2, 0.25) is 0 Å². The van der Waals surface area contributed by atoms with Gasteiger partial charge in [-0.2, -0.15) is 0 Å². The van der Waals surface area contributed by atoms with Crippen molar-refractivity contribution in [3.8, 4) is 11.5 Å². The highest BCUT2D eigenvalue weighted by atomic mass is 32.1. The molecule has 1 aliphatic rings. The van der Waals surface area contributed by atoms with Crippen LogP contribution < -0.4 is 24.4 Å². The van der Waals surface area contributed by atoms with Crippen molar-refractivity contribution in [3.05, 3.63) is 90.4 Å². The van der Waals surface area contributed by atoms with Gasteiger partial charge in [0.1, 0.15) is 11.9 Å². The van der Waals surface area contributed by atoms with Crippen molar-refractivity contribution in [2.75, 3.05) is 20.8 Å². The Morgan fingerprint density at radius 2 is 1.91 bits per heavy atom. The highest BCUT2D eigenvalue weighted by Gasteiger charge is 2.34. The summed E-state index contributed by atoms with van der Waals surface area (Å²) in [6.45, 7) is 3.49. The van der Waals surface area contributed by atoms with Gasteiger partial charge < -0.3 is 14.2 Å². The topological polar surface area (TPSA) is 79.1 Å². The predicted octanol–water partition coefficient (Wildman–Crippen LogP) is 2.95. The minimum Gasteiger partial charge on any atom is -0.493 e. The first-order valence-corrected chi connectivity index (χ1v) is 11.4. The summed E-state index contributed by atoms with van der Waals surface area (Å²) in [6, 6.07) is 10.4. The van der Waals surface area contributed by atoms with E-state index in [9.17, 15) is 14.0 Å². The highest BCUT2D eigenvalue weighted by Crippen LogP contribution is 2.32. The van der Waals surface area contributed by atoms with Crippen molar-refractivity contribution >= 4 is 23.4 Å². The average Bonchev–Trinajstić information content (AvgIpc) is 3.13. The van der Waals surface area contributed by atoms with Crippen LogP contribution in [0.5, 0.6) is 11.5 Å². The predicted molar refractivity (Wildman–Crippen MR) is 126 cm³/mol. The molecule has 7 nitrogen and oxygen atoms in total. The third-order valence-corrected chi connectivity index (χ3v) is 6.41. The van der Waals surface area contributed by atoms with E-state index in [1.54, 1.807) is 63.4 Å². The molecule has 1 aliphatic heterocycles. The lowest BCUT2D eigenvalue weighted by molar-refractivity contribution is -0.139. The molecule has 4 rings (SSSR count). The van der Waals surface area contributed by atoms with Gasteiger partial charge in [0.25, 0.3) is 5.56 Å². The number of thiazole rings is 1. The standard InChI is InChI=1S/C25H23FN2O5S/c1-5-33-24(30)21-14(2)27-25-28(22(21)16-8-6-7-9-17(16)26)23(29)20(34-25)13-15-10-11-18(31-3)19(12-15)32-4/h6-13,22H,5H2,1-4H3/b20-13+/t22-/m1/s1. The van der Waals surface area contributed by atoms with Gasteiger partial charge in [-0.1, -0.05) is 35.6 Å². The number of esters is 1. The summed E-state index contributed by atoms with van der Waals surface area (Å²) in [5, 5.41) is 0. The number of carbonyl (C=O) groups excluding carboxylic acids is 1. The van der Waals surface area contributed by atoms with Gasteiger partial charge in [-0.15, -0.1) is 0 Å². The van der Waals surface area contributed by atoms with Crippen LogP contribution >= 0.6 is 11.3 Å². The van der Waals surface area contributed by atoms with Gasteiger partial charge in [0.15, 0.2) is 16.3 Å². The zero-order valence-corrected chi connectivity index (χ0v) is 19.9. The highest BCUT2D eigenvalue weighted by molar-refractivity contribution is 7.07. The third-order valence-electron chi connectivity index (χ3n) is 5.42. The number of hydrogen-bond acceptors (Lipinski definition) is 7. The summed E-state index contributed by atoms with van der Waals surface area (Å²) >= 11 is 1.16. The fourth-order valence-electron chi connectivity index (χ4n) is 3.88. The van der Waals surface area contributed by atoms with Crippen molar-refractivity contribution in [1.82, 2.24) is 4.57 Å². The van der Waals surface area contributed by atoms with Crippen LogP contribution in [0.3, 0.4) is 0 Å². The lowest BCUT2D eigenvalue weighted by atomic mass is 9.95. The van der Waals surface area contributed by atoms with Gasteiger partial charge in [0.2, 0.25) is 0 Å². The number of methoxy groups -OCH3 is 2. The number of aromatic nitrogens is 1. The molecule has 0 amide bonds. The normalized spacial score (nSPS) is 15.6. The zero-order valence-electron chi connectivity index (χ0n) is 19.1. The summed E-state index contributed by atoms with van der Waals surface area (Å²) in [7, 11) is 3.07. The van der Waals surface area contributed by atoms with Crippen molar-refractivity contribution in [3.63, 3.8) is 0 Å². The molecule has 0 spiro atoms. The fourth-order valence-corrected chi connectivity index (χ4v) is 4.92. The van der Waals surface area contributed by atoms with E-state index in [0.717, 1.165) is 11.3 Å². The smallest absolute Gasteiger partial charge is 0.338 e. The molecule has 0 aliphatic carbocycles. The van der Waals surface area contributed by atoms with Crippen LogP contribution in [-0.4, -0.2) is 31.4 Å². The number of rotatable bonds is 6. The molecular weight excluding hydrogens is 459 g/mol. The molecule has 34 heavy (non-hydrogen) atoms. The molecule has 176 valence electrons. The molecule has 0 fully saturated rings. The summed E-state index contributed by atoms with van der Waals surface area (Å²) in [5.74, 6) is -0.0753. The average molecular weight is 483 g/mol. The van der Waals surface area contributed by atoms with E-state index in [1.165, 1.54) is 17.7 Å². The number of carbonyl (C=O) groups is 1. The van der Waals surface area contributed by atoms with E-state index in [-0.39, 0.29) is 23.3 Å². The van der Waals surface area contributed by atoms with E-state index >= 15 is 0 Å². The van der Waals surface area contributed by atoms with Crippen molar-refractivity contribution in [1.29, 1.82) is 0 Å². The molecule has 0 unspecified atom stereocenters. The maximum Gasteiger partial charge on any atom is 0.338 e. The van der Waals surface area contributed by atoms with Gasteiger partial charge in [-0.25, -0.2) is 14.2 Å². The number of nitrogens with zero attached hydrogens (tertiary/aromatic N) is 2. The first-order chi connectivity index (χ1) is 16.4. The number of halogens is 1. The Bertz CT molecular complexity index is 1470. The van der Waals surface area contributed by atoms with Crippen molar-refractivity contribution in [2.45, 2.75) is 19.9 Å². The number of hydrogen-bond donors (Lipinski definition) is 0. The molecule has 1 aromatic heterocycles. The van der Waals surface area contributed by atoms with E-state index < -0.39 is 17.8 Å². The van der Waals surface area contributed by atoms with Gasteiger partial charge in [0, 0.05) is 5.56 Å². The summed E-state index contributed by atoms with van der Waals surface area (Å²) in [5.41, 5.74) is 1.04. The minimum atomic E-state index is -0.996. The number of benzene rings is 2. The summed E-state index contributed by atoms with van der Waals surface area (Å²) < 4.78 is 32.5. The molecule has 2 heterocycles. The van der Waals surface area contributed by atoms with E-state index in [2.05, 4.69) is 4.99 Å². The molecule has 9 heteroatoms. The Morgan fingerprint density at radius 3 is 2.59 bits per heavy atom. The molecule has 0 radical (unpaired) electrons. The SMILES string of the molecule is CCOC(=O)C1=C(C)N=c2s/c(=C/c3ccc(OC)c(OC)c3)c(=O)n2[C@@H]1c1ccccc1F. The van der Waals surface area contributed by atoms with Crippen molar-refractivity contribution in [2.24, 2.45) is 4.99 Å². The second kappa shape index (κ2) is 9.64. The van der Waals surface area contributed by atoms with Crippen LogP contribution in [-0.2, 0) is 9.53 Å². The first kappa shape index (κ1) is 23.4. The molecular formula is C25H23FN2O5S. The third kappa shape index (κ3) is 4.14. The lowest BCUT2D eigenvalue weighted by Crippen LogP contribution is -2.40. The summed E-state index contributed by atoms with van der Waals surface area (Å²) in [4.78, 5) is 31.3. The Balaban J connectivity index is 1.95. The maximum absolute atomic E-state index is 14.9. The monoisotopic (exact) mass is 482 g/mol. The zero-order chi connectivity index (χ0) is 24.4. The fraction of sp³-hybridized carbons (Fsp3) is 0.240. The Morgan fingerprint density at radius 1 is 1.18 bits per heavy atom. The van der Waals surface area contributed by atoms with E-state index in [0.29, 0.717) is 32.1 Å². The second-order valence-corrected chi connectivity index (χ2v) is 8.45. The van der Waals surface area contributed by atoms with Crippen LogP contribution in [0, 0.1) is 5.82 Å². The first-order valence-electron chi connectivity index (χ1n) is 10.6. The van der Waals surface area contributed by atoms with Crippen LogP contribution in [0.15, 0.2) is 63.5 Å². The molecule has 0 saturated carbocycles. The maximum atomic E-state index is 14.9. The molecule has 0 saturated heterocycles. The molecule has 0 bridgehead atoms. The lowest BCUT2D eigenvalue weighted by Gasteiger charge is -2.24.